The molecule has 0 unspecified atom stereocenters. The van der Waals surface area contributed by atoms with Crippen LogP contribution >= 0.6 is 0 Å². The first-order chi connectivity index (χ1) is 18.1. The van der Waals surface area contributed by atoms with Gasteiger partial charge < -0.3 is 10.0 Å². The Kier molecular flexibility index (Phi) is 36.4. The Bertz CT molecular complexity index is 445. The molecule has 0 atom stereocenters. The molecule has 0 aliphatic rings. The average molecular weight is 524 g/mol. The van der Waals surface area contributed by atoms with E-state index in [-0.39, 0.29) is 0 Å². The third kappa shape index (κ3) is 37.4. The molecule has 37 heavy (non-hydrogen) atoms. The van der Waals surface area contributed by atoms with Crippen LogP contribution in [0.1, 0.15) is 182 Å². The van der Waals surface area contributed by atoms with Crippen molar-refractivity contribution in [2.75, 3.05) is 19.6 Å². The second-order valence-electron chi connectivity index (χ2n) is 10.9. The molecule has 222 valence electrons. The zero-order valence-electron chi connectivity index (χ0n) is 26.0. The number of carbonyl (C=O) groups is 1. The van der Waals surface area contributed by atoms with Gasteiger partial charge in [-0.3, -0.25) is 4.79 Å². The Hall–Kier alpha value is -0.830. The minimum absolute atomic E-state index is 0.332. The van der Waals surface area contributed by atoms with E-state index in [0.29, 0.717) is 6.42 Å². The number of hydrogen-bond acceptors (Lipinski definition) is 2. The van der Waals surface area contributed by atoms with Crippen molar-refractivity contribution < 1.29 is 9.90 Å². The van der Waals surface area contributed by atoms with Crippen molar-refractivity contribution >= 4 is 5.97 Å². The van der Waals surface area contributed by atoms with Crippen LogP contribution in [0, 0.1) is 0 Å². The van der Waals surface area contributed by atoms with Gasteiger partial charge in [0.1, 0.15) is 0 Å². The molecule has 0 aromatic heterocycles. The number of aliphatic carboxylic acids is 1. The normalized spacial score (nSPS) is 11.3. The molecule has 3 heteroatoms. The Labute approximate surface area is 234 Å². The molecule has 1 N–H and O–H groups in total. The molecule has 0 aliphatic heterocycles. The molecule has 0 saturated heterocycles. The third-order valence-corrected chi connectivity index (χ3v) is 7.37. The highest BCUT2D eigenvalue weighted by molar-refractivity contribution is 5.66. The SMILES string of the molecule is CCCCCCCC/C=C\CCCCCCCC(=O)O.CCCCCCCCCCCCN(CC)CC. The van der Waals surface area contributed by atoms with Crippen molar-refractivity contribution in [1.29, 1.82) is 0 Å². The summed E-state index contributed by atoms with van der Waals surface area (Å²) in [7, 11) is 0. The van der Waals surface area contributed by atoms with Gasteiger partial charge in [-0.25, -0.2) is 0 Å². The van der Waals surface area contributed by atoms with E-state index in [2.05, 4.69) is 44.7 Å². The lowest BCUT2D eigenvalue weighted by Gasteiger charge is -2.17. The highest BCUT2D eigenvalue weighted by Crippen LogP contribution is 2.11. The maximum absolute atomic E-state index is 10.3. The number of carboxylic acids is 1. The second-order valence-corrected chi connectivity index (χ2v) is 10.9. The molecule has 0 aromatic carbocycles. The summed E-state index contributed by atoms with van der Waals surface area (Å²) in [5.41, 5.74) is 0. The summed E-state index contributed by atoms with van der Waals surface area (Å²) >= 11 is 0. The highest BCUT2D eigenvalue weighted by atomic mass is 16.4. The fraction of sp³-hybridized carbons (Fsp3) is 0.912. The molecule has 0 heterocycles. The molecule has 0 saturated carbocycles. The zero-order chi connectivity index (χ0) is 27.7. The predicted octanol–water partition coefficient (Wildman–Crippen LogP) is 11.4. The van der Waals surface area contributed by atoms with Crippen LogP contribution in [0.25, 0.3) is 0 Å². The highest BCUT2D eigenvalue weighted by Gasteiger charge is 1.98. The van der Waals surface area contributed by atoms with Gasteiger partial charge in [0.05, 0.1) is 0 Å². The fourth-order valence-corrected chi connectivity index (χ4v) is 4.71. The molecule has 0 amide bonds. The number of allylic oxidation sites excluding steroid dienone is 2. The van der Waals surface area contributed by atoms with Gasteiger partial charge in [-0.15, -0.1) is 0 Å². The maximum Gasteiger partial charge on any atom is 0.303 e. The first-order valence-electron chi connectivity index (χ1n) is 16.7. The van der Waals surface area contributed by atoms with Crippen LogP contribution in [0.4, 0.5) is 0 Å². The molecule has 0 bridgehead atoms. The molecule has 0 aromatic rings. The Morgan fingerprint density at radius 2 is 0.865 bits per heavy atom. The van der Waals surface area contributed by atoms with Crippen molar-refractivity contribution in [1.82, 2.24) is 4.90 Å². The summed E-state index contributed by atoms with van der Waals surface area (Å²) in [6, 6.07) is 0. The van der Waals surface area contributed by atoms with E-state index in [4.69, 9.17) is 5.11 Å². The van der Waals surface area contributed by atoms with Crippen LogP contribution < -0.4 is 0 Å². The molecular formula is C34H69NO2. The van der Waals surface area contributed by atoms with Crippen molar-refractivity contribution in [3.8, 4) is 0 Å². The Morgan fingerprint density at radius 3 is 1.24 bits per heavy atom. The van der Waals surface area contributed by atoms with Gasteiger partial charge in [0, 0.05) is 6.42 Å². The maximum atomic E-state index is 10.3. The number of hydrogen-bond donors (Lipinski definition) is 1. The van der Waals surface area contributed by atoms with Crippen molar-refractivity contribution in [3.63, 3.8) is 0 Å². The van der Waals surface area contributed by atoms with Crippen molar-refractivity contribution in [2.45, 2.75) is 182 Å². The van der Waals surface area contributed by atoms with Crippen LogP contribution in [-0.4, -0.2) is 35.6 Å². The summed E-state index contributed by atoms with van der Waals surface area (Å²) < 4.78 is 0. The van der Waals surface area contributed by atoms with Gasteiger partial charge in [-0.2, -0.15) is 0 Å². The van der Waals surface area contributed by atoms with E-state index < -0.39 is 5.97 Å². The monoisotopic (exact) mass is 524 g/mol. The molecule has 0 aliphatic carbocycles. The van der Waals surface area contributed by atoms with E-state index >= 15 is 0 Å². The van der Waals surface area contributed by atoms with Crippen LogP contribution in [-0.2, 0) is 4.79 Å². The van der Waals surface area contributed by atoms with Gasteiger partial charge in [-0.1, -0.05) is 149 Å². The molecule has 0 spiro atoms. The third-order valence-electron chi connectivity index (χ3n) is 7.37. The molecule has 0 radical (unpaired) electrons. The quantitative estimate of drug-likeness (QED) is 0.0818. The van der Waals surface area contributed by atoms with Crippen molar-refractivity contribution in [2.24, 2.45) is 0 Å². The Morgan fingerprint density at radius 1 is 0.514 bits per heavy atom. The van der Waals surface area contributed by atoms with Gasteiger partial charge >= 0.3 is 5.97 Å². The van der Waals surface area contributed by atoms with Crippen LogP contribution in [0.5, 0.6) is 0 Å². The molecule has 0 rings (SSSR count). The standard InChI is InChI=1S/C18H34O2.C16H35N/c1-2-3-4-5-6-7-8-9-10-11-12-13-14-15-16-17-18(19)20;1-4-7-8-9-10-11-12-13-14-15-16-17(5-2)6-3/h9-10H,2-8,11-17H2,1H3,(H,19,20);4-16H2,1-3H3/b10-9-;. The first kappa shape index (κ1) is 38.3. The second kappa shape index (κ2) is 35.2. The smallest absolute Gasteiger partial charge is 0.303 e. The number of rotatable bonds is 28. The summed E-state index contributed by atoms with van der Waals surface area (Å²) in [6.45, 7) is 12.8. The van der Waals surface area contributed by atoms with Crippen molar-refractivity contribution in [3.05, 3.63) is 12.2 Å². The first-order valence-corrected chi connectivity index (χ1v) is 16.7. The van der Waals surface area contributed by atoms with Gasteiger partial charge in [-0.05, 0) is 58.2 Å². The Balaban J connectivity index is 0. The predicted molar refractivity (Wildman–Crippen MR) is 167 cm³/mol. The lowest BCUT2D eigenvalue weighted by Crippen LogP contribution is -2.23. The zero-order valence-corrected chi connectivity index (χ0v) is 26.0. The topological polar surface area (TPSA) is 40.5 Å². The summed E-state index contributed by atoms with van der Waals surface area (Å²) in [5.74, 6) is -0.664. The lowest BCUT2D eigenvalue weighted by atomic mass is 10.1. The van der Waals surface area contributed by atoms with Crippen LogP contribution in [0.2, 0.25) is 0 Å². The summed E-state index contributed by atoms with van der Waals surface area (Å²) in [6.07, 6.45) is 35.7. The lowest BCUT2D eigenvalue weighted by molar-refractivity contribution is -0.137. The fourth-order valence-electron chi connectivity index (χ4n) is 4.71. The van der Waals surface area contributed by atoms with E-state index in [1.165, 1.54) is 154 Å². The number of unbranched alkanes of at least 4 members (excludes halogenated alkanes) is 20. The van der Waals surface area contributed by atoms with E-state index in [1.54, 1.807) is 0 Å². The minimum Gasteiger partial charge on any atom is -0.481 e. The minimum atomic E-state index is -0.664. The van der Waals surface area contributed by atoms with Gasteiger partial charge in [0.2, 0.25) is 0 Å². The van der Waals surface area contributed by atoms with Gasteiger partial charge in [0.25, 0.3) is 0 Å². The van der Waals surface area contributed by atoms with Gasteiger partial charge in [0.15, 0.2) is 0 Å². The molecule has 3 nitrogen and oxygen atoms in total. The number of carboxylic acid groups (broad SMARTS) is 1. The summed E-state index contributed by atoms with van der Waals surface area (Å²) in [5, 5.41) is 8.51. The van der Waals surface area contributed by atoms with E-state index in [0.717, 1.165) is 12.8 Å². The van der Waals surface area contributed by atoms with Crippen LogP contribution in [0.3, 0.4) is 0 Å². The summed E-state index contributed by atoms with van der Waals surface area (Å²) in [4.78, 5) is 12.9. The molecular weight excluding hydrogens is 454 g/mol. The largest absolute Gasteiger partial charge is 0.481 e. The molecule has 0 fully saturated rings. The number of nitrogens with zero attached hydrogens (tertiary/aromatic N) is 1. The average Bonchev–Trinajstić information content (AvgIpc) is 2.90. The van der Waals surface area contributed by atoms with Crippen LogP contribution in [0.15, 0.2) is 12.2 Å². The van der Waals surface area contributed by atoms with E-state index in [9.17, 15) is 4.79 Å². The van der Waals surface area contributed by atoms with E-state index in [1.807, 2.05) is 0 Å².